The third kappa shape index (κ3) is 1.57. The van der Waals surface area contributed by atoms with E-state index < -0.39 is 0 Å². The average Bonchev–Trinajstić information content (AvgIpc) is 2.71. The molecule has 0 aliphatic heterocycles. The third-order valence-corrected chi connectivity index (χ3v) is 2.69. The van der Waals surface area contributed by atoms with Crippen molar-refractivity contribution in [1.82, 2.24) is 5.16 Å². The Bertz CT molecular complexity index is 468. The minimum Gasteiger partial charge on any atom is -0.354 e. The summed E-state index contributed by atoms with van der Waals surface area (Å²) in [6.07, 6.45) is 0. The molecule has 5 heteroatoms. The van der Waals surface area contributed by atoms with Crippen molar-refractivity contribution in [2.24, 2.45) is 0 Å². The molecule has 0 aromatic carbocycles. The highest BCUT2D eigenvalue weighted by molar-refractivity contribution is 7.19. The van der Waals surface area contributed by atoms with Crippen molar-refractivity contribution in [2.75, 3.05) is 0 Å². The van der Waals surface area contributed by atoms with E-state index in [1.165, 1.54) is 11.3 Å². The Morgan fingerprint density at radius 1 is 1.54 bits per heavy atom. The van der Waals surface area contributed by atoms with Gasteiger partial charge in [0, 0.05) is 6.07 Å². The van der Waals surface area contributed by atoms with Crippen LogP contribution in [0.25, 0.3) is 10.6 Å². The van der Waals surface area contributed by atoms with Crippen LogP contribution in [0.5, 0.6) is 0 Å². The van der Waals surface area contributed by atoms with Gasteiger partial charge in [0.25, 0.3) is 0 Å². The van der Waals surface area contributed by atoms with Gasteiger partial charge in [-0.25, -0.2) is 0 Å². The summed E-state index contributed by atoms with van der Waals surface area (Å²) in [5, 5.41) is 12.1. The molecule has 2 rings (SSSR count). The Labute approximate surface area is 83.2 Å². The minimum absolute atomic E-state index is 0.277. The summed E-state index contributed by atoms with van der Waals surface area (Å²) in [4.78, 5) is 0.874. The molecule has 3 nitrogen and oxygen atoms in total. The maximum atomic E-state index is 8.51. The van der Waals surface area contributed by atoms with E-state index in [1.54, 1.807) is 12.1 Å². The molecule has 0 atom stereocenters. The van der Waals surface area contributed by atoms with Gasteiger partial charge in [0.05, 0.1) is 9.21 Å². The van der Waals surface area contributed by atoms with E-state index in [1.807, 2.05) is 12.1 Å². The summed E-state index contributed by atoms with van der Waals surface area (Å²) in [5.74, 6) is 0.577. The first-order chi connectivity index (χ1) is 6.29. The molecule has 0 spiro atoms. The van der Waals surface area contributed by atoms with E-state index in [0.29, 0.717) is 10.1 Å². The van der Waals surface area contributed by atoms with Crippen LogP contribution >= 0.6 is 22.9 Å². The van der Waals surface area contributed by atoms with Crippen LogP contribution in [0.4, 0.5) is 0 Å². The van der Waals surface area contributed by atoms with Gasteiger partial charge >= 0.3 is 0 Å². The lowest BCUT2D eigenvalue weighted by atomic mass is 10.3. The quantitative estimate of drug-likeness (QED) is 0.727. The molecular weight excluding hydrogens is 208 g/mol. The lowest BCUT2D eigenvalue weighted by Crippen LogP contribution is -1.64. The summed E-state index contributed by atoms with van der Waals surface area (Å²) >= 11 is 7.13. The van der Waals surface area contributed by atoms with Crippen LogP contribution in [0.1, 0.15) is 5.69 Å². The van der Waals surface area contributed by atoms with Gasteiger partial charge in [0.1, 0.15) is 6.07 Å². The summed E-state index contributed by atoms with van der Waals surface area (Å²) in [7, 11) is 0. The van der Waals surface area contributed by atoms with Crippen LogP contribution in [0.3, 0.4) is 0 Å². The number of hydrogen-bond donors (Lipinski definition) is 0. The first kappa shape index (κ1) is 8.30. The summed E-state index contributed by atoms with van der Waals surface area (Å²) in [6, 6.07) is 7.08. The molecular formula is C8H3ClN2OS. The van der Waals surface area contributed by atoms with Gasteiger partial charge in [-0.15, -0.1) is 11.3 Å². The van der Waals surface area contributed by atoms with Crippen molar-refractivity contribution in [2.45, 2.75) is 0 Å². The van der Waals surface area contributed by atoms with Crippen molar-refractivity contribution in [3.05, 3.63) is 28.2 Å². The van der Waals surface area contributed by atoms with Gasteiger partial charge in [-0.2, -0.15) is 5.26 Å². The fourth-order valence-corrected chi connectivity index (χ4v) is 1.88. The second-order valence-corrected chi connectivity index (χ2v) is 4.01. The van der Waals surface area contributed by atoms with E-state index in [4.69, 9.17) is 21.4 Å². The molecule has 2 heterocycles. The van der Waals surface area contributed by atoms with Crippen LogP contribution in [0.2, 0.25) is 4.34 Å². The van der Waals surface area contributed by atoms with E-state index in [-0.39, 0.29) is 5.69 Å². The number of nitrogens with zero attached hydrogens (tertiary/aromatic N) is 2. The van der Waals surface area contributed by atoms with Gasteiger partial charge in [-0.3, -0.25) is 0 Å². The number of halogens is 1. The molecule has 13 heavy (non-hydrogen) atoms. The monoisotopic (exact) mass is 210 g/mol. The van der Waals surface area contributed by atoms with Crippen LogP contribution in [-0.4, -0.2) is 5.16 Å². The topological polar surface area (TPSA) is 49.8 Å². The Balaban J connectivity index is 2.42. The van der Waals surface area contributed by atoms with Gasteiger partial charge in [0.2, 0.25) is 0 Å². The molecule has 0 saturated carbocycles. The molecule has 0 aliphatic rings. The zero-order valence-corrected chi connectivity index (χ0v) is 7.89. The Morgan fingerprint density at radius 3 is 2.92 bits per heavy atom. The molecule has 2 aromatic heterocycles. The molecule has 2 aromatic rings. The SMILES string of the molecule is N#Cc1cc(-c2ccc(Cl)s2)on1. The van der Waals surface area contributed by atoms with Gasteiger partial charge < -0.3 is 4.52 Å². The van der Waals surface area contributed by atoms with Crippen molar-refractivity contribution < 1.29 is 4.52 Å². The Morgan fingerprint density at radius 2 is 2.38 bits per heavy atom. The van der Waals surface area contributed by atoms with Crippen LogP contribution in [0.15, 0.2) is 22.7 Å². The molecule has 0 unspecified atom stereocenters. The predicted molar refractivity (Wildman–Crippen MR) is 49.5 cm³/mol. The lowest BCUT2D eigenvalue weighted by Gasteiger charge is -1.83. The largest absolute Gasteiger partial charge is 0.354 e. The standard InChI is InChI=1S/C8H3ClN2OS/c9-8-2-1-7(13-8)6-3-5(4-10)11-12-6/h1-3H. The molecule has 0 fully saturated rings. The third-order valence-electron chi connectivity index (χ3n) is 1.44. The van der Waals surface area contributed by atoms with Gasteiger partial charge in [0.15, 0.2) is 11.5 Å². The molecule has 0 radical (unpaired) electrons. The molecule has 64 valence electrons. The Kier molecular flexibility index (Phi) is 2.05. The second kappa shape index (κ2) is 3.21. The fourth-order valence-electron chi connectivity index (χ4n) is 0.891. The summed E-state index contributed by atoms with van der Waals surface area (Å²) < 4.78 is 5.62. The lowest BCUT2D eigenvalue weighted by molar-refractivity contribution is 0.431. The van der Waals surface area contributed by atoms with Gasteiger partial charge in [-0.1, -0.05) is 16.8 Å². The van der Waals surface area contributed by atoms with E-state index in [0.717, 1.165) is 4.88 Å². The smallest absolute Gasteiger partial charge is 0.184 e. The number of rotatable bonds is 1. The van der Waals surface area contributed by atoms with E-state index >= 15 is 0 Å². The van der Waals surface area contributed by atoms with Crippen molar-refractivity contribution in [3.63, 3.8) is 0 Å². The molecule has 0 N–H and O–H groups in total. The maximum Gasteiger partial charge on any atom is 0.184 e. The van der Waals surface area contributed by atoms with Crippen molar-refractivity contribution >= 4 is 22.9 Å². The highest BCUT2D eigenvalue weighted by Crippen LogP contribution is 2.30. The highest BCUT2D eigenvalue weighted by Gasteiger charge is 2.07. The van der Waals surface area contributed by atoms with Crippen LogP contribution in [0, 0.1) is 11.3 Å². The normalized spacial score (nSPS) is 9.85. The number of nitriles is 1. The zero-order valence-electron chi connectivity index (χ0n) is 6.32. The van der Waals surface area contributed by atoms with Crippen LogP contribution < -0.4 is 0 Å². The maximum absolute atomic E-state index is 8.51. The summed E-state index contributed by atoms with van der Waals surface area (Å²) in [5.41, 5.74) is 0.277. The first-order valence-electron chi connectivity index (χ1n) is 3.42. The number of thiophene rings is 1. The van der Waals surface area contributed by atoms with E-state index in [2.05, 4.69) is 5.16 Å². The van der Waals surface area contributed by atoms with Crippen molar-refractivity contribution in [3.8, 4) is 16.7 Å². The molecule has 0 saturated heterocycles. The molecule has 0 bridgehead atoms. The molecule has 0 amide bonds. The zero-order chi connectivity index (χ0) is 9.26. The van der Waals surface area contributed by atoms with Crippen molar-refractivity contribution in [1.29, 1.82) is 5.26 Å². The number of aromatic nitrogens is 1. The first-order valence-corrected chi connectivity index (χ1v) is 4.61. The van der Waals surface area contributed by atoms with Crippen LogP contribution in [-0.2, 0) is 0 Å². The van der Waals surface area contributed by atoms with Gasteiger partial charge in [-0.05, 0) is 12.1 Å². The fraction of sp³-hybridized carbons (Fsp3) is 0. The minimum atomic E-state index is 0.277. The summed E-state index contributed by atoms with van der Waals surface area (Å²) in [6.45, 7) is 0. The average molecular weight is 211 g/mol. The second-order valence-electron chi connectivity index (χ2n) is 2.29. The highest BCUT2D eigenvalue weighted by atomic mass is 35.5. The Hall–Kier alpha value is -1.31. The predicted octanol–water partition coefficient (Wildman–Crippen LogP) is 2.93. The number of hydrogen-bond acceptors (Lipinski definition) is 4. The molecule has 0 aliphatic carbocycles. The van der Waals surface area contributed by atoms with E-state index in [9.17, 15) is 0 Å².